The molecule has 2 aromatic rings. The highest BCUT2D eigenvalue weighted by molar-refractivity contribution is 5.70. The number of rotatable bonds is 4. The molecule has 0 saturated carbocycles. The molecule has 1 heterocycles. The first-order valence-electron chi connectivity index (χ1n) is 5.97. The number of ether oxygens (including phenoxy) is 2. The zero-order valence-corrected chi connectivity index (χ0v) is 11.1. The Balaban J connectivity index is 2.29. The van der Waals surface area contributed by atoms with Gasteiger partial charge >= 0.3 is 6.18 Å². The third kappa shape index (κ3) is 4.27. The molecule has 21 heavy (non-hydrogen) atoms. The lowest BCUT2D eigenvalue weighted by Crippen LogP contribution is -2.19. The summed E-state index contributed by atoms with van der Waals surface area (Å²) in [6.45, 7) is -1.37. The molecule has 0 radical (unpaired) electrons. The zero-order chi connectivity index (χ0) is 15.5. The van der Waals surface area contributed by atoms with E-state index in [0.717, 1.165) is 0 Å². The molecule has 2 N–H and O–H groups in total. The summed E-state index contributed by atoms with van der Waals surface area (Å²) >= 11 is 0. The van der Waals surface area contributed by atoms with E-state index in [1.54, 1.807) is 18.3 Å². The molecule has 0 aliphatic rings. The van der Waals surface area contributed by atoms with Crippen molar-refractivity contribution in [2.24, 2.45) is 0 Å². The molecule has 4 nitrogen and oxygen atoms in total. The fourth-order valence-electron chi connectivity index (χ4n) is 1.73. The SMILES string of the molecule is COc1cncc(-c2cc(N)cc(OCC(F)(F)F)c2)c1. The van der Waals surface area contributed by atoms with Crippen LogP contribution in [0.1, 0.15) is 0 Å². The summed E-state index contributed by atoms with van der Waals surface area (Å²) < 4.78 is 46.3. The number of nitrogens with zero attached hydrogens (tertiary/aromatic N) is 1. The van der Waals surface area contributed by atoms with Crippen LogP contribution in [0.5, 0.6) is 11.5 Å². The van der Waals surface area contributed by atoms with Crippen LogP contribution >= 0.6 is 0 Å². The first-order valence-corrected chi connectivity index (χ1v) is 5.97. The van der Waals surface area contributed by atoms with E-state index in [4.69, 9.17) is 15.2 Å². The van der Waals surface area contributed by atoms with Crippen molar-refractivity contribution in [2.45, 2.75) is 6.18 Å². The molecule has 2 rings (SSSR count). The van der Waals surface area contributed by atoms with Gasteiger partial charge in [-0.15, -0.1) is 0 Å². The molecular formula is C14H13F3N2O2. The Labute approximate surface area is 119 Å². The third-order valence-corrected chi connectivity index (χ3v) is 2.61. The number of alkyl halides is 3. The van der Waals surface area contributed by atoms with E-state index in [1.165, 1.54) is 25.4 Å². The van der Waals surface area contributed by atoms with Crippen LogP contribution in [0.15, 0.2) is 36.7 Å². The first-order chi connectivity index (χ1) is 9.87. The van der Waals surface area contributed by atoms with Crippen molar-refractivity contribution in [1.82, 2.24) is 4.98 Å². The average molecular weight is 298 g/mol. The van der Waals surface area contributed by atoms with Crippen LogP contribution in [-0.4, -0.2) is 24.9 Å². The fraction of sp³-hybridized carbons (Fsp3) is 0.214. The lowest BCUT2D eigenvalue weighted by atomic mass is 10.1. The molecule has 7 heteroatoms. The van der Waals surface area contributed by atoms with Gasteiger partial charge in [-0.3, -0.25) is 4.98 Å². The smallest absolute Gasteiger partial charge is 0.422 e. The minimum absolute atomic E-state index is 0.0464. The maximum atomic E-state index is 12.2. The monoisotopic (exact) mass is 298 g/mol. The summed E-state index contributed by atoms with van der Waals surface area (Å²) in [5, 5.41) is 0. The van der Waals surface area contributed by atoms with Gasteiger partial charge in [0.1, 0.15) is 11.5 Å². The molecule has 0 unspecified atom stereocenters. The van der Waals surface area contributed by atoms with E-state index < -0.39 is 12.8 Å². The van der Waals surface area contributed by atoms with Gasteiger partial charge < -0.3 is 15.2 Å². The number of hydrogen-bond donors (Lipinski definition) is 1. The van der Waals surface area contributed by atoms with Gasteiger partial charge in [-0.1, -0.05) is 0 Å². The second-order valence-electron chi connectivity index (χ2n) is 4.31. The normalized spacial score (nSPS) is 11.2. The van der Waals surface area contributed by atoms with Gasteiger partial charge in [0.05, 0.1) is 13.3 Å². The van der Waals surface area contributed by atoms with Gasteiger partial charge in [-0.05, 0) is 23.8 Å². The highest BCUT2D eigenvalue weighted by Crippen LogP contribution is 2.29. The van der Waals surface area contributed by atoms with Crippen LogP contribution in [0, 0.1) is 0 Å². The van der Waals surface area contributed by atoms with Crippen molar-refractivity contribution in [3.05, 3.63) is 36.7 Å². The molecule has 0 spiro atoms. The number of anilines is 1. The van der Waals surface area contributed by atoms with Crippen molar-refractivity contribution in [3.8, 4) is 22.6 Å². The summed E-state index contributed by atoms with van der Waals surface area (Å²) in [5.41, 5.74) is 7.25. The van der Waals surface area contributed by atoms with E-state index >= 15 is 0 Å². The number of nitrogen functional groups attached to an aromatic ring is 1. The van der Waals surface area contributed by atoms with Gasteiger partial charge in [-0.25, -0.2) is 0 Å². The van der Waals surface area contributed by atoms with Gasteiger partial charge in [0.15, 0.2) is 6.61 Å². The Hall–Kier alpha value is -2.44. The molecule has 0 saturated heterocycles. The van der Waals surface area contributed by atoms with Gasteiger partial charge in [0.2, 0.25) is 0 Å². The molecule has 1 aromatic carbocycles. The quantitative estimate of drug-likeness (QED) is 0.880. The highest BCUT2D eigenvalue weighted by atomic mass is 19.4. The molecule has 0 amide bonds. The molecule has 1 aromatic heterocycles. The predicted molar refractivity (Wildman–Crippen MR) is 72.2 cm³/mol. The summed E-state index contributed by atoms with van der Waals surface area (Å²) in [6, 6.07) is 6.13. The fourth-order valence-corrected chi connectivity index (χ4v) is 1.73. The lowest BCUT2D eigenvalue weighted by molar-refractivity contribution is -0.153. The number of benzene rings is 1. The Morgan fingerprint density at radius 2 is 1.76 bits per heavy atom. The zero-order valence-electron chi connectivity index (χ0n) is 11.1. The second-order valence-corrected chi connectivity index (χ2v) is 4.31. The first kappa shape index (κ1) is 15.0. The predicted octanol–water partition coefficient (Wildman–Crippen LogP) is 3.28. The molecular weight excluding hydrogens is 285 g/mol. The van der Waals surface area contributed by atoms with Crippen molar-refractivity contribution in [3.63, 3.8) is 0 Å². The van der Waals surface area contributed by atoms with Crippen LogP contribution in [0.25, 0.3) is 11.1 Å². The Morgan fingerprint density at radius 1 is 1.05 bits per heavy atom. The number of pyridine rings is 1. The summed E-state index contributed by atoms with van der Waals surface area (Å²) in [7, 11) is 1.50. The lowest BCUT2D eigenvalue weighted by Gasteiger charge is -2.12. The third-order valence-electron chi connectivity index (χ3n) is 2.61. The van der Waals surface area contributed by atoms with Crippen LogP contribution in [0.2, 0.25) is 0 Å². The van der Waals surface area contributed by atoms with E-state index in [2.05, 4.69) is 4.98 Å². The Bertz CT molecular complexity index is 630. The van der Waals surface area contributed by atoms with Gasteiger partial charge in [-0.2, -0.15) is 13.2 Å². The maximum Gasteiger partial charge on any atom is 0.422 e. The van der Waals surface area contributed by atoms with Crippen LogP contribution in [0.3, 0.4) is 0 Å². The number of methoxy groups -OCH3 is 1. The molecule has 0 atom stereocenters. The summed E-state index contributed by atoms with van der Waals surface area (Å²) in [5.74, 6) is 0.581. The Kier molecular flexibility index (Phi) is 4.21. The molecule has 0 aliphatic carbocycles. The summed E-state index contributed by atoms with van der Waals surface area (Å²) in [6.07, 6.45) is -1.32. The van der Waals surface area contributed by atoms with E-state index in [1.807, 2.05) is 0 Å². The van der Waals surface area contributed by atoms with Crippen LogP contribution in [-0.2, 0) is 0 Å². The standard InChI is InChI=1S/C14H13F3N2O2/c1-20-13-4-10(6-19-7-13)9-2-11(18)5-12(3-9)21-8-14(15,16)17/h2-7H,8,18H2,1H3. The summed E-state index contributed by atoms with van der Waals surface area (Å²) in [4.78, 5) is 3.99. The number of halogens is 3. The minimum Gasteiger partial charge on any atom is -0.495 e. The minimum atomic E-state index is -4.40. The maximum absolute atomic E-state index is 12.2. The van der Waals surface area contributed by atoms with Crippen molar-refractivity contribution in [2.75, 3.05) is 19.5 Å². The number of hydrogen-bond acceptors (Lipinski definition) is 4. The molecule has 0 bridgehead atoms. The van der Waals surface area contributed by atoms with Crippen LogP contribution < -0.4 is 15.2 Å². The second kappa shape index (κ2) is 5.90. The van der Waals surface area contributed by atoms with Crippen LogP contribution in [0.4, 0.5) is 18.9 Å². The van der Waals surface area contributed by atoms with Crippen molar-refractivity contribution >= 4 is 5.69 Å². The van der Waals surface area contributed by atoms with Gasteiger partial charge in [0, 0.05) is 23.5 Å². The molecule has 0 fully saturated rings. The van der Waals surface area contributed by atoms with Crippen molar-refractivity contribution < 1.29 is 22.6 Å². The van der Waals surface area contributed by atoms with Gasteiger partial charge in [0.25, 0.3) is 0 Å². The van der Waals surface area contributed by atoms with E-state index in [0.29, 0.717) is 22.6 Å². The van der Waals surface area contributed by atoms with E-state index in [9.17, 15) is 13.2 Å². The Morgan fingerprint density at radius 3 is 2.43 bits per heavy atom. The largest absolute Gasteiger partial charge is 0.495 e. The average Bonchev–Trinajstić information content (AvgIpc) is 2.44. The number of nitrogens with two attached hydrogens (primary N) is 1. The van der Waals surface area contributed by atoms with Crippen molar-refractivity contribution in [1.29, 1.82) is 0 Å². The molecule has 0 aliphatic heterocycles. The number of aromatic nitrogens is 1. The molecule has 112 valence electrons. The highest BCUT2D eigenvalue weighted by Gasteiger charge is 2.28. The topological polar surface area (TPSA) is 57.4 Å². The van der Waals surface area contributed by atoms with E-state index in [-0.39, 0.29) is 5.75 Å².